The average Bonchev–Trinajstić information content (AvgIpc) is 2.69. The van der Waals surface area contributed by atoms with Gasteiger partial charge in [0.1, 0.15) is 5.82 Å². The number of carbonyl (C=O) groups is 1. The van der Waals surface area contributed by atoms with Crippen LogP contribution >= 0.6 is 0 Å². The molecule has 1 aromatic carbocycles. The van der Waals surface area contributed by atoms with Crippen LogP contribution in [-0.2, 0) is 4.74 Å². The van der Waals surface area contributed by atoms with E-state index in [1.165, 1.54) is 0 Å². The van der Waals surface area contributed by atoms with Crippen molar-refractivity contribution < 1.29 is 9.53 Å². The van der Waals surface area contributed by atoms with E-state index in [4.69, 9.17) is 4.74 Å². The van der Waals surface area contributed by atoms with Gasteiger partial charge in [-0.3, -0.25) is 9.69 Å². The molecule has 0 spiro atoms. The molecule has 3 rings (SSSR count). The van der Waals surface area contributed by atoms with Gasteiger partial charge >= 0.3 is 0 Å². The number of aromatic nitrogens is 1. The lowest BCUT2D eigenvalue weighted by atomic mass is 10.0. The fraction of sp³-hybridized carbons (Fsp3) is 0.429. The van der Waals surface area contributed by atoms with Gasteiger partial charge in [-0.2, -0.15) is 0 Å². The molecule has 2 N–H and O–H groups in total. The first-order valence-electron chi connectivity index (χ1n) is 9.54. The van der Waals surface area contributed by atoms with Crippen molar-refractivity contribution in [3.05, 3.63) is 53.7 Å². The van der Waals surface area contributed by atoms with E-state index in [0.717, 1.165) is 50.6 Å². The second kappa shape index (κ2) is 9.48. The molecule has 1 saturated heterocycles. The second-order valence-corrected chi connectivity index (χ2v) is 7.01. The zero-order valence-electron chi connectivity index (χ0n) is 16.1. The summed E-state index contributed by atoms with van der Waals surface area (Å²) in [6.07, 6.45) is 1.67. The lowest BCUT2D eigenvalue weighted by Gasteiger charge is -2.26. The highest BCUT2D eigenvalue weighted by atomic mass is 16.5. The molecule has 2 heterocycles. The van der Waals surface area contributed by atoms with Gasteiger partial charge in [-0.1, -0.05) is 32.0 Å². The Kier molecular flexibility index (Phi) is 6.79. The average molecular weight is 368 g/mol. The minimum Gasteiger partial charge on any atom is -0.379 e. The van der Waals surface area contributed by atoms with Gasteiger partial charge in [0.15, 0.2) is 0 Å². The molecule has 0 radical (unpaired) electrons. The third-order valence-electron chi connectivity index (χ3n) is 4.69. The molecular formula is C21H28N4O2. The molecule has 0 bridgehead atoms. The third kappa shape index (κ3) is 5.52. The van der Waals surface area contributed by atoms with Crippen LogP contribution in [0.2, 0.25) is 0 Å². The van der Waals surface area contributed by atoms with Gasteiger partial charge in [-0.05, 0) is 29.7 Å². The van der Waals surface area contributed by atoms with Crippen LogP contribution in [0.4, 0.5) is 11.5 Å². The van der Waals surface area contributed by atoms with E-state index in [0.29, 0.717) is 17.3 Å². The fourth-order valence-corrected chi connectivity index (χ4v) is 3.14. The number of hydrogen-bond donors (Lipinski definition) is 2. The molecule has 6 nitrogen and oxygen atoms in total. The van der Waals surface area contributed by atoms with Crippen LogP contribution in [-0.4, -0.2) is 55.2 Å². The highest BCUT2D eigenvalue weighted by Gasteiger charge is 2.12. The summed E-state index contributed by atoms with van der Waals surface area (Å²) in [5.41, 5.74) is 2.58. The minimum atomic E-state index is -0.123. The van der Waals surface area contributed by atoms with Crippen molar-refractivity contribution in [1.29, 1.82) is 0 Å². The van der Waals surface area contributed by atoms with Crippen molar-refractivity contribution in [3.63, 3.8) is 0 Å². The predicted octanol–water partition coefficient (Wildman–Crippen LogP) is 3.20. The molecule has 2 aromatic rings. The van der Waals surface area contributed by atoms with E-state index >= 15 is 0 Å². The summed E-state index contributed by atoms with van der Waals surface area (Å²) < 4.78 is 5.36. The zero-order valence-corrected chi connectivity index (χ0v) is 16.1. The van der Waals surface area contributed by atoms with E-state index in [1.54, 1.807) is 18.3 Å². The van der Waals surface area contributed by atoms with Crippen molar-refractivity contribution in [2.75, 3.05) is 50.0 Å². The van der Waals surface area contributed by atoms with Crippen LogP contribution < -0.4 is 10.6 Å². The Morgan fingerprint density at radius 3 is 2.78 bits per heavy atom. The number of ether oxygens (including phenoxy) is 1. The van der Waals surface area contributed by atoms with Gasteiger partial charge in [0.05, 0.1) is 13.2 Å². The third-order valence-corrected chi connectivity index (χ3v) is 4.69. The van der Waals surface area contributed by atoms with Crippen molar-refractivity contribution in [2.24, 2.45) is 0 Å². The molecule has 1 aliphatic rings. The number of anilines is 2. The molecule has 144 valence electrons. The molecule has 0 atom stereocenters. The summed E-state index contributed by atoms with van der Waals surface area (Å²) in [6.45, 7) is 9.48. The standard InChI is InChI=1S/C21H28N4O2/c1-16(2)18-5-3-4-6-19(18)24-21(26)17-7-8-22-20(15-17)23-9-10-25-11-13-27-14-12-25/h3-8,15-16H,9-14H2,1-2H3,(H,22,23)(H,24,26). The Morgan fingerprint density at radius 1 is 1.22 bits per heavy atom. The maximum Gasteiger partial charge on any atom is 0.255 e. The van der Waals surface area contributed by atoms with Crippen LogP contribution in [0.3, 0.4) is 0 Å². The predicted molar refractivity (Wildman–Crippen MR) is 108 cm³/mol. The number of nitrogens with zero attached hydrogens (tertiary/aromatic N) is 2. The molecule has 1 aliphatic heterocycles. The fourth-order valence-electron chi connectivity index (χ4n) is 3.14. The van der Waals surface area contributed by atoms with Gasteiger partial charge in [-0.25, -0.2) is 4.98 Å². The summed E-state index contributed by atoms with van der Waals surface area (Å²) >= 11 is 0. The molecule has 1 amide bonds. The number of pyridine rings is 1. The summed E-state index contributed by atoms with van der Waals surface area (Å²) in [7, 11) is 0. The van der Waals surface area contributed by atoms with E-state index in [9.17, 15) is 4.79 Å². The van der Waals surface area contributed by atoms with Crippen LogP contribution in [0, 0.1) is 0 Å². The Morgan fingerprint density at radius 2 is 2.00 bits per heavy atom. The normalized spacial score (nSPS) is 14.9. The Hall–Kier alpha value is -2.44. The SMILES string of the molecule is CC(C)c1ccccc1NC(=O)c1ccnc(NCCN2CCOCC2)c1. The smallest absolute Gasteiger partial charge is 0.255 e. The second-order valence-electron chi connectivity index (χ2n) is 7.01. The molecule has 1 fully saturated rings. The highest BCUT2D eigenvalue weighted by Crippen LogP contribution is 2.24. The number of morpholine rings is 1. The van der Waals surface area contributed by atoms with Crippen molar-refractivity contribution >= 4 is 17.4 Å². The first kappa shape index (κ1) is 19.3. The van der Waals surface area contributed by atoms with Crippen molar-refractivity contribution in [1.82, 2.24) is 9.88 Å². The van der Waals surface area contributed by atoms with E-state index < -0.39 is 0 Å². The zero-order chi connectivity index (χ0) is 19.1. The molecular weight excluding hydrogens is 340 g/mol. The minimum absolute atomic E-state index is 0.123. The largest absolute Gasteiger partial charge is 0.379 e. The molecule has 0 saturated carbocycles. The Labute approximate surface area is 160 Å². The topological polar surface area (TPSA) is 66.5 Å². The number of para-hydroxylation sites is 1. The number of rotatable bonds is 7. The van der Waals surface area contributed by atoms with Gasteiger partial charge in [0.25, 0.3) is 5.91 Å². The van der Waals surface area contributed by atoms with Crippen molar-refractivity contribution in [2.45, 2.75) is 19.8 Å². The molecule has 0 unspecified atom stereocenters. The number of nitrogens with one attached hydrogen (secondary N) is 2. The summed E-state index contributed by atoms with van der Waals surface area (Å²) in [5, 5.41) is 6.33. The lowest BCUT2D eigenvalue weighted by Crippen LogP contribution is -2.39. The quantitative estimate of drug-likeness (QED) is 0.786. The Bertz CT molecular complexity index is 757. The highest BCUT2D eigenvalue weighted by molar-refractivity contribution is 6.05. The molecule has 27 heavy (non-hydrogen) atoms. The Balaban J connectivity index is 1.58. The van der Waals surface area contributed by atoms with E-state index in [-0.39, 0.29) is 5.91 Å². The maximum absolute atomic E-state index is 12.7. The lowest BCUT2D eigenvalue weighted by molar-refractivity contribution is 0.0398. The summed E-state index contributed by atoms with van der Waals surface area (Å²) in [6, 6.07) is 11.5. The maximum atomic E-state index is 12.7. The first-order valence-corrected chi connectivity index (χ1v) is 9.54. The van der Waals surface area contributed by atoms with Crippen molar-refractivity contribution in [3.8, 4) is 0 Å². The molecule has 0 aliphatic carbocycles. The van der Waals surface area contributed by atoms with Gasteiger partial charge in [-0.15, -0.1) is 0 Å². The summed E-state index contributed by atoms with van der Waals surface area (Å²) in [4.78, 5) is 19.4. The van der Waals surface area contributed by atoms with Crippen LogP contribution in [0.5, 0.6) is 0 Å². The number of amides is 1. The number of carbonyl (C=O) groups excluding carboxylic acids is 1. The molecule has 1 aromatic heterocycles. The summed E-state index contributed by atoms with van der Waals surface area (Å²) in [5.74, 6) is 0.936. The van der Waals surface area contributed by atoms with E-state index in [1.807, 2.05) is 24.3 Å². The van der Waals surface area contributed by atoms with Crippen LogP contribution in [0.25, 0.3) is 0 Å². The van der Waals surface area contributed by atoms with Crippen LogP contribution in [0.15, 0.2) is 42.6 Å². The van der Waals surface area contributed by atoms with Crippen LogP contribution in [0.1, 0.15) is 35.7 Å². The van der Waals surface area contributed by atoms with E-state index in [2.05, 4.69) is 34.4 Å². The monoisotopic (exact) mass is 368 g/mol. The van der Waals surface area contributed by atoms with Gasteiger partial charge in [0.2, 0.25) is 0 Å². The number of hydrogen-bond acceptors (Lipinski definition) is 5. The van der Waals surface area contributed by atoms with Gasteiger partial charge in [0, 0.05) is 43.6 Å². The number of benzene rings is 1. The first-order chi connectivity index (χ1) is 13.1. The van der Waals surface area contributed by atoms with Gasteiger partial charge < -0.3 is 15.4 Å². The molecule has 6 heteroatoms.